The molecule has 0 fully saturated rings. The summed E-state index contributed by atoms with van der Waals surface area (Å²) < 4.78 is 44.7. The molecule has 63 heavy (non-hydrogen) atoms. The summed E-state index contributed by atoms with van der Waals surface area (Å²) in [6.45, 7) is 10.8. The first-order valence-electron chi connectivity index (χ1n) is 21.1. The number of amides is 4. The van der Waals surface area contributed by atoms with Gasteiger partial charge in [0, 0.05) is 12.3 Å². The Balaban J connectivity index is 1.25. The molecule has 5 rings (SSSR count). The van der Waals surface area contributed by atoms with Crippen molar-refractivity contribution in [2.75, 3.05) is 79.8 Å². The van der Waals surface area contributed by atoms with Gasteiger partial charge in [0.2, 0.25) is 17.7 Å². The average Bonchev–Trinajstić information content (AvgIpc) is 3.58. The second-order valence-corrected chi connectivity index (χ2v) is 15.9. The van der Waals surface area contributed by atoms with Crippen molar-refractivity contribution >= 4 is 29.8 Å². The summed E-state index contributed by atoms with van der Waals surface area (Å²) in [7, 11) is 1.20. The molecule has 0 unspecified atom stereocenters. The van der Waals surface area contributed by atoms with Gasteiger partial charge in [0.25, 0.3) is 0 Å². The molecule has 17 nitrogen and oxygen atoms in total. The van der Waals surface area contributed by atoms with Gasteiger partial charge in [0.05, 0.1) is 60.0 Å². The molecular weight excluding hydrogens is 817 g/mol. The maximum absolute atomic E-state index is 14.1. The third-order valence-corrected chi connectivity index (χ3v) is 10.5. The summed E-state index contributed by atoms with van der Waals surface area (Å²) in [5, 5.41) is 10.7. The molecule has 0 saturated heterocycles. The van der Waals surface area contributed by atoms with Crippen LogP contribution in [-0.2, 0) is 54.0 Å². The highest BCUT2D eigenvalue weighted by molar-refractivity contribution is 5.98. The fourth-order valence-electron chi connectivity index (χ4n) is 7.02. The zero-order valence-corrected chi connectivity index (χ0v) is 36.9. The first kappa shape index (κ1) is 48.3. The maximum atomic E-state index is 14.1. The molecule has 1 aliphatic carbocycles. The van der Waals surface area contributed by atoms with Gasteiger partial charge < -0.3 is 59.2 Å². The normalized spacial score (nSPS) is 17.1. The van der Waals surface area contributed by atoms with Crippen LogP contribution in [0.25, 0.3) is 11.1 Å². The van der Waals surface area contributed by atoms with Crippen LogP contribution in [0.1, 0.15) is 57.2 Å². The first-order valence-corrected chi connectivity index (χ1v) is 21.1. The van der Waals surface area contributed by atoms with E-state index in [1.165, 1.54) is 41.7 Å². The zero-order valence-electron chi connectivity index (χ0n) is 36.9. The van der Waals surface area contributed by atoms with Crippen LogP contribution in [0.5, 0.6) is 11.5 Å². The highest BCUT2D eigenvalue weighted by Crippen LogP contribution is 2.44. The Kier molecular flexibility index (Phi) is 17.7. The van der Waals surface area contributed by atoms with Crippen molar-refractivity contribution in [3.05, 3.63) is 83.4 Å². The van der Waals surface area contributed by atoms with Crippen molar-refractivity contribution in [1.29, 1.82) is 0 Å². The van der Waals surface area contributed by atoms with Crippen molar-refractivity contribution in [2.24, 2.45) is 0 Å². The lowest BCUT2D eigenvalue weighted by atomic mass is 9.89. The predicted molar refractivity (Wildman–Crippen MR) is 230 cm³/mol. The van der Waals surface area contributed by atoms with E-state index in [9.17, 15) is 24.0 Å². The molecule has 0 aromatic heterocycles. The number of rotatable bonds is 12. The number of hydrogen-bond donors (Lipinski definition) is 4. The van der Waals surface area contributed by atoms with Gasteiger partial charge in [-0.05, 0) is 74.6 Å². The number of esters is 1. The number of carbonyl (C=O) groups is 5. The largest absolute Gasteiger partial charge is 0.487 e. The average molecular weight is 877 g/mol. The number of fused-ring (bicyclic) bond motifs is 4. The quantitative estimate of drug-likeness (QED) is 0.193. The molecular formula is C46H60N4O13. The standard InChI is InChI=1S/C46H60N4O13/c1-30(48-44(55)63-29-37-35-13-9-7-11-33(35)34-12-8-10-14-36(34)37)40(51)49-45(3,4)42(53)50-46(5,43(54)47-31(2)41(52)56-6)28-32-15-16-38-39(27-32)62-26-24-60-22-20-58-18-17-57-19-21-59-23-25-61-38/h7-16,27,30-31,37H,17-26,28-29H2,1-6H3,(H,47,54)(H,48,55)(H,49,51)(H,50,53)/t30-,31-,46-/m0/s1. The summed E-state index contributed by atoms with van der Waals surface area (Å²) in [5.74, 6) is -2.19. The second-order valence-electron chi connectivity index (χ2n) is 15.9. The molecule has 3 atom stereocenters. The molecule has 3 aromatic rings. The SMILES string of the molecule is COC(=O)[C@H](C)NC(=O)[C@](C)(Cc1ccc2c(c1)OCCOCCOCCOCCOCCO2)NC(=O)C(C)(C)NC(=O)[C@H](C)NC(=O)OCC1c2ccccc2-c2ccccc21. The van der Waals surface area contributed by atoms with Crippen molar-refractivity contribution < 1.29 is 61.9 Å². The van der Waals surface area contributed by atoms with E-state index in [4.69, 9.17) is 37.9 Å². The van der Waals surface area contributed by atoms with E-state index >= 15 is 0 Å². The second kappa shape index (κ2) is 23.1. The van der Waals surface area contributed by atoms with Crippen molar-refractivity contribution in [3.63, 3.8) is 0 Å². The summed E-state index contributed by atoms with van der Waals surface area (Å²) in [5.41, 5.74) is 1.51. The van der Waals surface area contributed by atoms with E-state index in [2.05, 4.69) is 21.3 Å². The molecule has 2 aliphatic rings. The zero-order chi connectivity index (χ0) is 45.4. The van der Waals surface area contributed by atoms with E-state index in [1.54, 1.807) is 18.2 Å². The van der Waals surface area contributed by atoms with Crippen LogP contribution in [0.2, 0.25) is 0 Å². The minimum atomic E-state index is -1.70. The minimum Gasteiger partial charge on any atom is -0.487 e. The lowest BCUT2D eigenvalue weighted by molar-refractivity contribution is -0.146. The molecule has 0 radical (unpaired) electrons. The number of ether oxygens (including phenoxy) is 8. The number of methoxy groups -OCH3 is 1. The number of benzene rings is 3. The lowest BCUT2D eigenvalue weighted by Crippen LogP contribution is -2.66. The highest BCUT2D eigenvalue weighted by atomic mass is 16.6. The predicted octanol–water partition coefficient (Wildman–Crippen LogP) is 3.44. The molecule has 1 heterocycles. The Bertz CT molecular complexity index is 2000. The van der Waals surface area contributed by atoms with Crippen LogP contribution in [0, 0.1) is 0 Å². The molecule has 4 N–H and O–H groups in total. The fourth-order valence-corrected chi connectivity index (χ4v) is 7.02. The summed E-state index contributed by atoms with van der Waals surface area (Å²) in [6, 6.07) is 18.8. The van der Waals surface area contributed by atoms with Crippen molar-refractivity contribution in [3.8, 4) is 22.6 Å². The van der Waals surface area contributed by atoms with Crippen LogP contribution in [0.3, 0.4) is 0 Å². The topological polar surface area (TPSA) is 207 Å². The van der Waals surface area contributed by atoms with Crippen LogP contribution in [0.15, 0.2) is 66.7 Å². The summed E-state index contributed by atoms with van der Waals surface area (Å²) >= 11 is 0. The van der Waals surface area contributed by atoms with E-state index in [0.717, 1.165) is 22.3 Å². The van der Waals surface area contributed by atoms with E-state index in [1.807, 2.05) is 48.5 Å². The van der Waals surface area contributed by atoms with Crippen molar-refractivity contribution in [1.82, 2.24) is 21.3 Å². The van der Waals surface area contributed by atoms with Gasteiger partial charge >= 0.3 is 12.1 Å². The van der Waals surface area contributed by atoms with Gasteiger partial charge in [-0.15, -0.1) is 0 Å². The Hall–Kier alpha value is -5.75. The number of hydrogen-bond acceptors (Lipinski definition) is 13. The van der Waals surface area contributed by atoms with Gasteiger partial charge in [-0.2, -0.15) is 0 Å². The Labute approximate surface area is 368 Å². The molecule has 4 amide bonds. The van der Waals surface area contributed by atoms with Gasteiger partial charge in [0.15, 0.2) is 11.5 Å². The van der Waals surface area contributed by atoms with Gasteiger partial charge in [0.1, 0.15) is 43.0 Å². The fraction of sp³-hybridized carbons (Fsp3) is 0.500. The lowest BCUT2D eigenvalue weighted by Gasteiger charge is -2.35. The minimum absolute atomic E-state index is 0.0517. The van der Waals surface area contributed by atoms with Crippen molar-refractivity contribution in [2.45, 2.75) is 70.1 Å². The van der Waals surface area contributed by atoms with E-state index in [0.29, 0.717) is 63.3 Å². The van der Waals surface area contributed by atoms with E-state index in [-0.39, 0.29) is 38.8 Å². The smallest absolute Gasteiger partial charge is 0.407 e. The summed E-state index contributed by atoms with van der Waals surface area (Å²) in [6.07, 6.45) is -0.891. The molecule has 342 valence electrons. The Morgan fingerprint density at radius 1 is 0.651 bits per heavy atom. The van der Waals surface area contributed by atoms with Gasteiger partial charge in [-0.1, -0.05) is 54.6 Å². The monoisotopic (exact) mass is 876 g/mol. The van der Waals surface area contributed by atoms with Gasteiger partial charge in [-0.3, -0.25) is 14.4 Å². The summed E-state index contributed by atoms with van der Waals surface area (Å²) in [4.78, 5) is 66.9. The number of nitrogens with one attached hydrogen (secondary N) is 4. The molecule has 0 saturated carbocycles. The molecule has 1 aliphatic heterocycles. The highest BCUT2D eigenvalue weighted by Gasteiger charge is 2.42. The maximum Gasteiger partial charge on any atom is 0.407 e. The third kappa shape index (κ3) is 13.6. The van der Waals surface area contributed by atoms with Crippen LogP contribution in [0.4, 0.5) is 4.79 Å². The van der Waals surface area contributed by atoms with Crippen LogP contribution in [-0.4, -0.2) is 133 Å². The van der Waals surface area contributed by atoms with Gasteiger partial charge in [-0.25, -0.2) is 9.59 Å². The van der Waals surface area contributed by atoms with Crippen LogP contribution < -0.4 is 30.7 Å². The molecule has 0 spiro atoms. The number of carbonyl (C=O) groups excluding carboxylic acids is 5. The third-order valence-electron chi connectivity index (χ3n) is 10.5. The number of alkyl carbamates (subject to hydrolysis) is 1. The first-order chi connectivity index (χ1) is 30.2. The van der Waals surface area contributed by atoms with Crippen LogP contribution >= 0.6 is 0 Å². The molecule has 0 bridgehead atoms. The molecule has 3 aromatic carbocycles. The molecule has 17 heteroatoms. The Morgan fingerprint density at radius 2 is 1.17 bits per heavy atom. The van der Waals surface area contributed by atoms with E-state index < -0.39 is 52.9 Å². The Morgan fingerprint density at radius 3 is 1.73 bits per heavy atom.